The molecule has 0 aliphatic carbocycles. The number of hydrogen-bond acceptors (Lipinski definition) is 5. The number of fused-ring (bicyclic) bond motifs is 1. The Morgan fingerprint density at radius 3 is 2.35 bits per heavy atom. The fraction of sp³-hybridized carbons (Fsp3) is 0.409. The molecular formula is C22H27N5O3S. The highest BCUT2D eigenvalue weighted by molar-refractivity contribution is 7.89. The lowest BCUT2D eigenvalue weighted by Crippen LogP contribution is -2.50. The Bertz CT molecular complexity index is 1210. The number of aromatic nitrogens is 3. The first-order chi connectivity index (χ1) is 14.8. The normalized spacial score (nSPS) is 16.5. The van der Waals surface area contributed by atoms with Crippen molar-refractivity contribution in [3.8, 4) is 0 Å². The lowest BCUT2D eigenvalue weighted by atomic mass is 10.1. The van der Waals surface area contributed by atoms with E-state index in [-0.39, 0.29) is 29.9 Å². The van der Waals surface area contributed by atoms with Crippen molar-refractivity contribution in [2.24, 2.45) is 0 Å². The van der Waals surface area contributed by atoms with E-state index in [0.717, 1.165) is 16.6 Å². The van der Waals surface area contributed by atoms with Crippen LogP contribution < -0.4 is 0 Å². The minimum absolute atomic E-state index is 0.00260. The Morgan fingerprint density at radius 1 is 1.03 bits per heavy atom. The molecule has 0 spiro atoms. The van der Waals surface area contributed by atoms with Crippen molar-refractivity contribution >= 4 is 26.7 Å². The lowest BCUT2D eigenvalue weighted by molar-refractivity contribution is -0.133. The highest BCUT2D eigenvalue weighted by Gasteiger charge is 2.31. The predicted molar refractivity (Wildman–Crippen MR) is 118 cm³/mol. The van der Waals surface area contributed by atoms with Crippen molar-refractivity contribution in [2.75, 3.05) is 26.2 Å². The van der Waals surface area contributed by atoms with Crippen LogP contribution in [0.4, 0.5) is 0 Å². The summed E-state index contributed by atoms with van der Waals surface area (Å²) in [7, 11) is -3.60. The topological polar surface area (TPSA) is 88.4 Å². The van der Waals surface area contributed by atoms with E-state index >= 15 is 0 Å². The van der Waals surface area contributed by atoms with Gasteiger partial charge in [0.1, 0.15) is 11.6 Å². The van der Waals surface area contributed by atoms with Gasteiger partial charge in [-0.15, -0.1) is 0 Å². The quantitative estimate of drug-likeness (QED) is 0.607. The van der Waals surface area contributed by atoms with E-state index in [4.69, 9.17) is 0 Å². The third kappa shape index (κ3) is 4.33. The van der Waals surface area contributed by atoms with Crippen LogP contribution in [0.15, 0.2) is 47.4 Å². The number of sulfonamides is 1. The molecule has 4 rings (SSSR count). The van der Waals surface area contributed by atoms with Crippen LogP contribution in [0.25, 0.3) is 10.8 Å². The van der Waals surface area contributed by atoms with Crippen molar-refractivity contribution in [1.82, 2.24) is 24.0 Å². The standard InChI is InChI=1S/C22H27N5O3S/c1-16(27-18(3)23-17(2)24-27)14-22(28)25-10-12-26(13-11-25)31(29,30)21-9-8-19-6-4-5-7-20(19)15-21/h4-9,15-16H,10-14H2,1-3H3. The number of piperazine rings is 1. The van der Waals surface area contributed by atoms with E-state index in [9.17, 15) is 13.2 Å². The van der Waals surface area contributed by atoms with Gasteiger partial charge in [-0.25, -0.2) is 18.1 Å². The molecule has 1 aliphatic rings. The summed E-state index contributed by atoms with van der Waals surface area (Å²) in [6.07, 6.45) is 0.307. The predicted octanol–water partition coefficient (Wildman–Crippen LogP) is 2.53. The van der Waals surface area contributed by atoms with Crippen molar-refractivity contribution in [1.29, 1.82) is 0 Å². The molecule has 1 saturated heterocycles. The van der Waals surface area contributed by atoms with Gasteiger partial charge in [-0.05, 0) is 43.7 Å². The van der Waals surface area contributed by atoms with E-state index in [1.165, 1.54) is 4.31 Å². The number of benzene rings is 2. The highest BCUT2D eigenvalue weighted by atomic mass is 32.2. The van der Waals surface area contributed by atoms with Crippen LogP contribution in [0.1, 0.15) is 31.0 Å². The molecule has 2 aromatic carbocycles. The molecule has 3 aromatic rings. The van der Waals surface area contributed by atoms with Gasteiger partial charge in [0, 0.05) is 32.6 Å². The molecular weight excluding hydrogens is 414 g/mol. The summed E-state index contributed by atoms with van der Waals surface area (Å²) in [6, 6.07) is 12.8. The van der Waals surface area contributed by atoms with E-state index in [1.54, 1.807) is 21.7 Å². The Balaban J connectivity index is 1.40. The second-order valence-electron chi connectivity index (χ2n) is 8.00. The molecule has 1 unspecified atom stereocenters. The second-order valence-corrected chi connectivity index (χ2v) is 9.94. The number of hydrogen-bond donors (Lipinski definition) is 0. The molecule has 164 valence electrons. The summed E-state index contributed by atoms with van der Waals surface area (Å²) >= 11 is 0. The third-order valence-electron chi connectivity index (χ3n) is 5.75. The van der Waals surface area contributed by atoms with Crippen molar-refractivity contribution in [3.63, 3.8) is 0 Å². The summed E-state index contributed by atoms with van der Waals surface area (Å²) in [4.78, 5) is 19.1. The molecule has 9 heteroatoms. The molecule has 1 aliphatic heterocycles. The van der Waals surface area contributed by atoms with Gasteiger partial charge in [0.05, 0.1) is 10.9 Å². The monoisotopic (exact) mass is 441 g/mol. The summed E-state index contributed by atoms with van der Waals surface area (Å²) < 4.78 is 29.5. The molecule has 31 heavy (non-hydrogen) atoms. The van der Waals surface area contributed by atoms with Gasteiger partial charge in [-0.2, -0.15) is 9.40 Å². The fourth-order valence-electron chi connectivity index (χ4n) is 4.08. The SMILES string of the molecule is Cc1nc(C)n(C(C)CC(=O)N2CCN(S(=O)(=O)c3ccc4ccccc4c3)CC2)n1. The van der Waals surface area contributed by atoms with Crippen LogP contribution >= 0.6 is 0 Å². The Kier molecular flexibility index (Phi) is 5.81. The average Bonchev–Trinajstić information content (AvgIpc) is 3.11. The first kappa shape index (κ1) is 21.5. The molecule has 1 atom stereocenters. The van der Waals surface area contributed by atoms with E-state index < -0.39 is 10.0 Å². The average molecular weight is 442 g/mol. The van der Waals surface area contributed by atoms with Gasteiger partial charge in [-0.1, -0.05) is 30.3 Å². The zero-order valence-electron chi connectivity index (χ0n) is 18.0. The fourth-order valence-corrected chi connectivity index (χ4v) is 5.53. The van der Waals surface area contributed by atoms with Crippen molar-refractivity contribution in [3.05, 3.63) is 54.1 Å². The molecule has 0 N–H and O–H groups in total. The number of carbonyl (C=O) groups is 1. The molecule has 1 amide bonds. The number of carbonyl (C=O) groups excluding carboxylic acids is 1. The minimum atomic E-state index is -3.60. The zero-order chi connectivity index (χ0) is 22.2. The highest BCUT2D eigenvalue weighted by Crippen LogP contribution is 2.23. The van der Waals surface area contributed by atoms with E-state index in [0.29, 0.717) is 25.3 Å². The maximum absolute atomic E-state index is 13.1. The molecule has 8 nitrogen and oxygen atoms in total. The maximum atomic E-state index is 13.1. The smallest absolute Gasteiger partial charge is 0.243 e. The zero-order valence-corrected chi connectivity index (χ0v) is 18.8. The third-order valence-corrected chi connectivity index (χ3v) is 7.64. The number of amides is 1. The summed E-state index contributed by atoms with van der Waals surface area (Å²) in [5.41, 5.74) is 0. The first-order valence-electron chi connectivity index (χ1n) is 10.4. The molecule has 0 saturated carbocycles. The molecule has 1 aromatic heterocycles. The van der Waals surface area contributed by atoms with Crippen LogP contribution in [-0.4, -0.2) is 64.5 Å². The number of rotatable bonds is 5. The molecule has 1 fully saturated rings. The first-order valence-corrected chi connectivity index (χ1v) is 11.9. The summed E-state index contributed by atoms with van der Waals surface area (Å²) in [5.74, 6) is 1.47. The summed E-state index contributed by atoms with van der Waals surface area (Å²) in [5, 5.41) is 6.25. The van der Waals surface area contributed by atoms with Gasteiger partial charge < -0.3 is 4.90 Å². The number of aryl methyl sites for hydroxylation is 2. The van der Waals surface area contributed by atoms with Crippen LogP contribution in [0.2, 0.25) is 0 Å². The van der Waals surface area contributed by atoms with Crippen LogP contribution in [0.5, 0.6) is 0 Å². The second kappa shape index (κ2) is 8.39. The molecule has 2 heterocycles. The Labute approximate surface area is 182 Å². The van der Waals surface area contributed by atoms with E-state index in [2.05, 4.69) is 10.1 Å². The number of nitrogens with zero attached hydrogens (tertiary/aromatic N) is 5. The summed E-state index contributed by atoms with van der Waals surface area (Å²) in [6.45, 7) is 6.99. The van der Waals surface area contributed by atoms with Crippen LogP contribution in [0, 0.1) is 13.8 Å². The van der Waals surface area contributed by atoms with Gasteiger partial charge in [0.2, 0.25) is 15.9 Å². The molecule has 0 bridgehead atoms. The van der Waals surface area contributed by atoms with Crippen molar-refractivity contribution < 1.29 is 13.2 Å². The Morgan fingerprint density at radius 2 is 1.71 bits per heavy atom. The van der Waals surface area contributed by atoms with Crippen LogP contribution in [0.3, 0.4) is 0 Å². The largest absolute Gasteiger partial charge is 0.340 e. The molecule has 0 radical (unpaired) electrons. The maximum Gasteiger partial charge on any atom is 0.243 e. The van der Waals surface area contributed by atoms with Gasteiger partial charge >= 0.3 is 0 Å². The van der Waals surface area contributed by atoms with Crippen LogP contribution in [-0.2, 0) is 14.8 Å². The van der Waals surface area contributed by atoms with Gasteiger partial charge in [0.15, 0.2) is 0 Å². The van der Waals surface area contributed by atoms with Crippen molar-refractivity contribution in [2.45, 2.75) is 38.1 Å². The Hall–Kier alpha value is -2.78. The van der Waals surface area contributed by atoms with Gasteiger partial charge in [-0.3, -0.25) is 4.79 Å². The lowest BCUT2D eigenvalue weighted by Gasteiger charge is -2.34. The minimum Gasteiger partial charge on any atom is -0.340 e. The van der Waals surface area contributed by atoms with Gasteiger partial charge in [0.25, 0.3) is 0 Å². The van der Waals surface area contributed by atoms with E-state index in [1.807, 2.05) is 51.1 Å².